The SMILES string of the molecule is CC(C)OC(=O)[C@@H](C)NP(=O)(Oc1ccccc1)OC1[C@H]2O[C@@H](n3cc(I)c4c(N)ncnc43)[C@H](O)[C@@]12O. The maximum absolute atomic E-state index is 13.8. The minimum atomic E-state index is -4.29. The lowest BCUT2D eigenvalue weighted by Gasteiger charge is -2.27. The Labute approximate surface area is 231 Å². The van der Waals surface area contributed by atoms with Gasteiger partial charge in [0.05, 0.1) is 11.5 Å². The number of anilines is 1. The highest BCUT2D eigenvalue weighted by atomic mass is 127. The van der Waals surface area contributed by atoms with Crippen molar-refractivity contribution in [3.8, 4) is 5.75 Å². The number of rotatable bonds is 9. The van der Waals surface area contributed by atoms with Crippen LogP contribution in [0.2, 0.25) is 0 Å². The zero-order valence-electron chi connectivity index (χ0n) is 20.6. The van der Waals surface area contributed by atoms with E-state index in [1.165, 1.54) is 13.3 Å². The molecule has 5 N–H and O–H groups in total. The van der Waals surface area contributed by atoms with Crippen molar-refractivity contribution in [2.24, 2.45) is 0 Å². The highest BCUT2D eigenvalue weighted by molar-refractivity contribution is 14.1. The second-order valence-electron chi connectivity index (χ2n) is 9.39. The maximum Gasteiger partial charge on any atom is 0.459 e. The van der Waals surface area contributed by atoms with E-state index >= 15 is 0 Å². The molecule has 204 valence electrons. The van der Waals surface area contributed by atoms with Crippen LogP contribution in [0.1, 0.15) is 27.0 Å². The lowest BCUT2D eigenvalue weighted by atomic mass is 10.1. The molecule has 38 heavy (non-hydrogen) atoms. The minimum Gasteiger partial charge on any atom is -0.462 e. The van der Waals surface area contributed by atoms with Crippen molar-refractivity contribution in [1.82, 2.24) is 19.6 Å². The Morgan fingerprint density at radius 1 is 1.29 bits per heavy atom. The van der Waals surface area contributed by atoms with E-state index in [9.17, 15) is 19.6 Å². The van der Waals surface area contributed by atoms with Gasteiger partial charge in [-0.3, -0.25) is 9.32 Å². The van der Waals surface area contributed by atoms with Crippen molar-refractivity contribution in [3.63, 3.8) is 0 Å². The highest BCUT2D eigenvalue weighted by Crippen LogP contribution is 2.61. The lowest BCUT2D eigenvalue weighted by molar-refractivity contribution is -0.149. The first kappa shape index (κ1) is 27.2. The Kier molecular flexibility index (Phi) is 7.18. The van der Waals surface area contributed by atoms with E-state index in [4.69, 9.17) is 24.3 Å². The zero-order valence-corrected chi connectivity index (χ0v) is 23.6. The third-order valence-corrected chi connectivity index (χ3v) is 8.73. The fraction of sp³-hybridized carbons (Fsp3) is 0.435. The van der Waals surface area contributed by atoms with Gasteiger partial charge >= 0.3 is 13.7 Å². The number of halogens is 1. The number of fused-ring (bicyclic) bond motifs is 2. The van der Waals surface area contributed by atoms with Crippen molar-refractivity contribution in [2.45, 2.75) is 63.1 Å². The van der Waals surface area contributed by atoms with Crippen LogP contribution in [-0.2, 0) is 23.4 Å². The van der Waals surface area contributed by atoms with E-state index in [-0.39, 0.29) is 17.7 Å². The molecule has 0 bridgehead atoms. The summed E-state index contributed by atoms with van der Waals surface area (Å²) in [6, 6.07) is 7.14. The van der Waals surface area contributed by atoms with Crippen molar-refractivity contribution in [2.75, 3.05) is 5.73 Å². The van der Waals surface area contributed by atoms with Crippen molar-refractivity contribution < 1.29 is 38.1 Å². The molecular formula is C23H27IN5O8P. The summed E-state index contributed by atoms with van der Waals surface area (Å²) in [5.41, 5.74) is 4.50. The van der Waals surface area contributed by atoms with Crippen molar-refractivity contribution in [1.29, 1.82) is 0 Å². The fourth-order valence-corrected chi connectivity index (χ4v) is 6.92. The summed E-state index contributed by atoms with van der Waals surface area (Å²) < 4.78 is 38.6. The summed E-state index contributed by atoms with van der Waals surface area (Å²) in [6.45, 7) is 4.82. The van der Waals surface area contributed by atoms with Gasteiger partial charge < -0.3 is 34.5 Å². The molecule has 1 saturated carbocycles. The molecule has 3 heterocycles. The fourth-order valence-electron chi connectivity index (χ4n) is 4.39. The van der Waals surface area contributed by atoms with Gasteiger partial charge in [0.25, 0.3) is 0 Å². The number of aromatic nitrogens is 3. The van der Waals surface area contributed by atoms with Gasteiger partial charge in [-0.25, -0.2) is 14.5 Å². The molecule has 2 aliphatic rings. The number of nitrogens with one attached hydrogen (secondary N) is 1. The molecule has 0 amide bonds. The number of benzene rings is 1. The normalized spacial score (nSPS) is 28.6. The summed E-state index contributed by atoms with van der Waals surface area (Å²) in [4.78, 5) is 20.6. The number of ether oxygens (including phenoxy) is 2. The summed E-state index contributed by atoms with van der Waals surface area (Å²) in [5.74, 6) is -0.191. The molecule has 5 rings (SSSR count). The van der Waals surface area contributed by atoms with Gasteiger partial charge in [-0.2, -0.15) is 5.09 Å². The molecule has 3 aromatic rings. The van der Waals surface area contributed by atoms with Crippen molar-refractivity contribution >= 4 is 53.2 Å². The summed E-state index contributed by atoms with van der Waals surface area (Å²) in [6.07, 6.45) is -2.17. The number of esters is 1. The van der Waals surface area contributed by atoms with Crippen molar-refractivity contribution in [3.05, 3.63) is 46.4 Å². The van der Waals surface area contributed by atoms with E-state index in [1.807, 2.05) is 0 Å². The minimum absolute atomic E-state index is 0.204. The topological polar surface area (TPSA) is 180 Å². The van der Waals surface area contributed by atoms with Crippen LogP contribution in [0.3, 0.4) is 0 Å². The van der Waals surface area contributed by atoms with Gasteiger partial charge in [-0.05, 0) is 55.5 Å². The second kappa shape index (κ2) is 10.0. The molecule has 2 aromatic heterocycles. The molecule has 1 aliphatic heterocycles. The molecule has 1 aromatic carbocycles. The predicted molar refractivity (Wildman–Crippen MR) is 143 cm³/mol. The molecule has 7 atom stereocenters. The van der Waals surface area contributed by atoms with Crippen LogP contribution in [0.4, 0.5) is 5.82 Å². The number of carbonyl (C=O) groups excluding carboxylic acids is 1. The second-order valence-corrected chi connectivity index (χ2v) is 12.2. The molecule has 13 nitrogen and oxygen atoms in total. The third kappa shape index (κ3) is 4.78. The number of nitrogens with two attached hydrogens (primary N) is 1. The predicted octanol–water partition coefficient (Wildman–Crippen LogP) is 2.12. The Morgan fingerprint density at radius 2 is 2.00 bits per heavy atom. The van der Waals surface area contributed by atoms with Gasteiger partial charge in [0.2, 0.25) is 0 Å². The summed E-state index contributed by atoms with van der Waals surface area (Å²) in [7, 11) is -4.29. The number of para-hydroxylation sites is 1. The molecule has 0 spiro atoms. The largest absolute Gasteiger partial charge is 0.462 e. The maximum atomic E-state index is 13.8. The average Bonchev–Trinajstić information content (AvgIpc) is 3.10. The smallest absolute Gasteiger partial charge is 0.459 e. The summed E-state index contributed by atoms with van der Waals surface area (Å²) >= 11 is 2.07. The molecule has 1 saturated heterocycles. The van der Waals surface area contributed by atoms with E-state index in [0.717, 1.165) is 3.57 Å². The van der Waals surface area contributed by atoms with Crippen LogP contribution in [0.5, 0.6) is 5.75 Å². The van der Waals surface area contributed by atoms with Crippen LogP contribution in [0.15, 0.2) is 42.9 Å². The molecule has 0 radical (unpaired) electrons. The number of nitrogens with zero attached hydrogens (tertiary/aromatic N) is 3. The third-order valence-electron chi connectivity index (χ3n) is 6.25. The highest BCUT2D eigenvalue weighted by Gasteiger charge is 2.79. The molecule has 1 aliphatic carbocycles. The monoisotopic (exact) mass is 659 g/mol. The Bertz CT molecular complexity index is 1410. The van der Waals surface area contributed by atoms with Crippen LogP contribution >= 0.6 is 30.3 Å². The quantitative estimate of drug-likeness (QED) is 0.150. The first-order valence-electron chi connectivity index (χ1n) is 11.8. The Morgan fingerprint density at radius 3 is 2.63 bits per heavy atom. The number of aliphatic hydroxyl groups is 2. The van der Waals surface area contributed by atoms with Gasteiger partial charge in [-0.1, -0.05) is 18.2 Å². The number of hydrogen-bond donors (Lipinski definition) is 4. The lowest BCUT2D eigenvalue weighted by Crippen LogP contribution is -2.39. The number of carbonyl (C=O) groups is 1. The molecular weight excluding hydrogens is 632 g/mol. The number of hydrogen-bond acceptors (Lipinski definition) is 11. The first-order chi connectivity index (χ1) is 17.9. The van der Waals surface area contributed by atoms with Gasteiger partial charge in [-0.15, -0.1) is 0 Å². The van der Waals surface area contributed by atoms with E-state index in [1.54, 1.807) is 54.9 Å². The van der Waals surface area contributed by atoms with Crippen LogP contribution in [0, 0.1) is 3.57 Å². The first-order valence-corrected chi connectivity index (χ1v) is 14.4. The molecule has 2 fully saturated rings. The van der Waals surface area contributed by atoms with Gasteiger partial charge in [0, 0.05) is 9.77 Å². The van der Waals surface area contributed by atoms with Crippen LogP contribution in [-0.4, -0.2) is 66.8 Å². The Balaban J connectivity index is 1.37. The van der Waals surface area contributed by atoms with E-state index in [2.05, 4.69) is 37.6 Å². The Hall–Kier alpha value is -2.33. The zero-order chi connectivity index (χ0) is 27.4. The average molecular weight is 659 g/mol. The standard InChI is InChI=1S/C23H27IN5O8P/c1-11(2)34-22(31)12(3)28-38(33,36-13-7-5-4-6-8-13)37-18-17-23(18,32)16(30)21(35-17)29-9-14(24)15-19(25)26-10-27-20(15)29/h4-12,16-18,21,30,32H,1-3H3,(H,28,33)(H2,25,26,27)/t12-,16+,17-,18?,21-,23+,38?/m1/s1. The van der Waals surface area contributed by atoms with Crippen LogP contribution in [0.25, 0.3) is 11.0 Å². The van der Waals surface area contributed by atoms with E-state index in [0.29, 0.717) is 11.0 Å². The number of aliphatic hydroxyl groups excluding tert-OH is 1. The molecule has 2 unspecified atom stereocenters. The van der Waals surface area contributed by atoms with Gasteiger partial charge in [0.15, 0.2) is 11.8 Å². The van der Waals surface area contributed by atoms with E-state index < -0.39 is 49.9 Å². The van der Waals surface area contributed by atoms with Crippen LogP contribution < -0.4 is 15.3 Å². The number of nitrogen functional groups attached to an aromatic ring is 1. The summed E-state index contributed by atoms with van der Waals surface area (Å²) in [5, 5.41) is 25.5. The molecule has 15 heteroatoms. The van der Waals surface area contributed by atoms with Gasteiger partial charge in [0.1, 0.15) is 47.9 Å².